The minimum Gasteiger partial charge on any atom is -0.493 e. The Morgan fingerprint density at radius 1 is 0.968 bits per heavy atom. The average Bonchev–Trinajstić information content (AvgIpc) is 2.78. The number of hydrogen-bond acceptors (Lipinski definition) is 4. The molecule has 4 nitrogen and oxygen atoms in total. The number of nitrogens with zero attached hydrogens (tertiary/aromatic N) is 1. The van der Waals surface area contributed by atoms with Crippen molar-refractivity contribution in [3.05, 3.63) is 100 Å². The summed E-state index contributed by atoms with van der Waals surface area (Å²) in [7, 11) is 1.49. The van der Waals surface area contributed by atoms with E-state index in [1.165, 1.54) is 13.2 Å². The van der Waals surface area contributed by atoms with Gasteiger partial charge in [0.1, 0.15) is 0 Å². The second kappa shape index (κ2) is 10.3. The van der Waals surface area contributed by atoms with Gasteiger partial charge in [0.15, 0.2) is 11.5 Å². The van der Waals surface area contributed by atoms with Crippen molar-refractivity contribution < 1.29 is 14.3 Å². The molecule has 154 valence electrons. The molecule has 0 spiro atoms. The first-order valence-electron chi connectivity index (χ1n) is 9.51. The lowest BCUT2D eigenvalue weighted by Crippen LogP contribution is -2.05. The van der Waals surface area contributed by atoms with Gasteiger partial charge in [0.2, 0.25) is 0 Å². The van der Waals surface area contributed by atoms with Gasteiger partial charge < -0.3 is 9.47 Å². The second-order valence-electron chi connectivity index (χ2n) is 6.75. The average molecular weight is 430 g/mol. The second-order valence-corrected chi connectivity index (χ2v) is 7.19. The molecule has 0 aliphatic rings. The number of rotatable bonds is 6. The van der Waals surface area contributed by atoms with Crippen LogP contribution in [0.4, 0.5) is 0 Å². The number of ether oxygens (including phenoxy) is 2. The predicted octanol–water partition coefficient (Wildman–Crippen LogP) is 6.34. The third-order valence-corrected chi connectivity index (χ3v) is 4.73. The Morgan fingerprint density at radius 2 is 1.65 bits per heavy atom. The topological polar surface area (TPSA) is 59.3 Å². The van der Waals surface area contributed by atoms with Crippen molar-refractivity contribution >= 4 is 35.3 Å². The highest BCUT2D eigenvalue weighted by Gasteiger charge is 2.10. The van der Waals surface area contributed by atoms with E-state index in [0.29, 0.717) is 22.1 Å². The highest BCUT2D eigenvalue weighted by Crippen LogP contribution is 2.30. The molecule has 0 aliphatic heterocycles. The monoisotopic (exact) mass is 429 g/mol. The lowest BCUT2D eigenvalue weighted by molar-refractivity contribution is -0.129. The number of aryl methyl sites for hydroxylation is 1. The summed E-state index contributed by atoms with van der Waals surface area (Å²) in [5.74, 6) is 0.170. The van der Waals surface area contributed by atoms with Gasteiger partial charge in [0.05, 0.1) is 18.8 Å². The Balaban J connectivity index is 1.77. The van der Waals surface area contributed by atoms with Crippen LogP contribution in [0, 0.1) is 18.3 Å². The lowest BCUT2D eigenvalue weighted by atomic mass is 10.0. The number of methoxy groups -OCH3 is 1. The number of halogens is 1. The fourth-order valence-corrected chi connectivity index (χ4v) is 2.94. The van der Waals surface area contributed by atoms with Crippen molar-refractivity contribution in [3.8, 4) is 17.6 Å². The number of nitriles is 1. The molecule has 3 aromatic rings. The van der Waals surface area contributed by atoms with E-state index >= 15 is 0 Å². The maximum absolute atomic E-state index is 12.2. The van der Waals surface area contributed by atoms with Crippen molar-refractivity contribution in [3.63, 3.8) is 0 Å². The molecule has 3 rings (SSSR count). The minimum absolute atomic E-state index is 0.295. The molecule has 0 N–H and O–H groups in total. The lowest BCUT2D eigenvalue weighted by Gasteiger charge is -2.09. The van der Waals surface area contributed by atoms with Crippen LogP contribution in [-0.2, 0) is 4.79 Å². The van der Waals surface area contributed by atoms with Gasteiger partial charge in [0.25, 0.3) is 0 Å². The molecule has 0 amide bonds. The summed E-state index contributed by atoms with van der Waals surface area (Å²) >= 11 is 5.92. The fraction of sp³-hybridized carbons (Fsp3) is 0.0769. The predicted molar refractivity (Wildman–Crippen MR) is 124 cm³/mol. The van der Waals surface area contributed by atoms with Gasteiger partial charge in [-0.2, -0.15) is 5.26 Å². The van der Waals surface area contributed by atoms with Gasteiger partial charge in [-0.15, -0.1) is 0 Å². The van der Waals surface area contributed by atoms with Crippen LogP contribution < -0.4 is 9.47 Å². The highest BCUT2D eigenvalue weighted by molar-refractivity contribution is 6.30. The van der Waals surface area contributed by atoms with Crippen LogP contribution in [0.5, 0.6) is 11.5 Å². The summed E-state index contributed by atoms with van der Waals surface area (Å²) < 4.78 is 10.8. The molecule has 0 bridgehead atoms. The molecule has 0 aliphatic carbocycles. The number of esters is 1. The Bertz CT molecular complexity index is 1170. The Hall–Kier alpha value is -3.81. The number of allylic oxidation sites excluding steroid dienone is 1. The Morgan fingerprint density at radius 3 is 2.29 bits per heavy atom. The SMILES string of the molecule is COc1cc(/C=C(\C#N)c2ccc(Cl)cc2)ccc1OC(=O)/C=C/c1ccc(C)cc1. The maximum atomic E-state index is 12.2. The zero-order valence-corrected chi connectivity index (χ0v) is 17.9. The molecular formula is C26H20ClNO3. The van der Waals surface area contributed by atoms with Crippen LogP contribution in [0.1, 0.15) is 22.3 Å². The van der Waals surface area contributed by atoms with Gasteiger partial charge in [-0.25, -0.2) is 4.79 Å². The van der Waals surface area contributed by atoms with E-state index < -0.39 is 5.97 Å². The number of carbonyl (C=O) groups excluding carboxylic acids is 1. The van der Waals surface area contributed by atoms with Crippen LogP contribution in [-0.4, -0.2) is 13.1 Å². The van der Waals surface area contributed by atoms with E-state index in [1.54, 1.807) is 54.6 Å². The Kier molecular flexibility index (Phi) is 7.26. The quantitative estimate of drug-likeness (QED) is 0.151. The van der Waals surface area contributed by atoms with Gasteiger partial charge in [0, 0.05) is 11.1 Å². The molecule has 3 aromatic carbocycles. The van der Waals surface area contributed by atoms with Crippen LogP contribution in [0.25, 0.3) is 17.7 Å². The van der Waals surface area contributed by atoms with Gasteiger partial charge in [-0.3, -0.25) is 0 Å². The molecule has 0 atom stereocenters. The molecule has 0 heterocycles. The summed E-state index contributed by atoms with van der Waals surface area (Å²) in [6.45, 7) is 2.00. The fourth-order valence-electron chi connectivity index (χ4n) is 2.82. The van der Waals surface area contributed by atoms with Gasteiger partial charge >= 0.3 is 5.97 Å². The molecule has 31 heavy (non-hydrogen) atoms. The standard InChI is InChI=1S/C26H20ClNO3/c1-18-3-5-19(6-4-18)8-14-26(29)31-24-13-7-20(16-25(24)30-2)15-22(17-28)21-9-11-23(27)12-10-21/h3-16H,1-2H3/b14-8+,22-15+. The first-order chi connectivity index (χ1) is 15.0. The molecule has 0 radical (unpaired) electrons. The van der Waals surface area contributed by atoms with Crippen LogP contribution in [0.15, 0.2) is 72.8 Å². The maximum Gasteiger partial charge on any atom is 0.336 e. The third-order valence-electron chi connectivity index (χ3n) is 4.47. The van der Waals surface area contributed by atoms with Crippen molar-refractivity contribution in [2.45, 2.75) is 6.92 Å². The van der Waals surface area contributed by atoms with Crippen molar-refractivity contribution in [2.24, 2.45) is 0 Å². The van der Waals surface area contributed by atoms with Gasteiger partial charge in [-0.1, -0.05) is 59.6 Å². The summed E-state index contributed by atoms with van der Waals surface area (Å²) in [6, 6.07) is 22.1. The molecule has 0 saturated carbocycles. The third kappa shape index (κ3) is 6.08. The summed E-state index contributed by atoms with van der Waals surface area (Å²) in [5, 5.41) is 10.1. The molecule has 5 heteroatoms. The minimum atomic E-state index is -0.513. The van der Waals surface area contributed by atoms with Gasteiger partial charge in [-0.05, 0) is 60.0 Å². The zero-order chi connectivity index (χ0) is 22.2. The number of carbonyl (C=O) groups is 1. The molecular weight excluding hydrogens is 410 g/mol. The van der Waals surface area contributed by atoms with E-state index in [1.807, 2.05) is 31.2 Å². The van der Waals surface area contributed by atoms with E-state index in [0.717, 1.165) is 22.3 Å². The largest absolute Gasteiger partial charge is 0.493 e. The summed E-state index contributed by atoms with van der Waals surface area (Å²) in [5.41, 5.74) is 4.01. The van der Waals surface area contributed by atoms with E-state index in [9.17, 15) is 10.1 Å². The summed E-state index contributed by atoms with van der Waals surface area (Å²) in [6.07, 6.45) is 4.79. The number of hydrogen-bond donors (Lipinski definition) is 0. The zero-order valence-electron chi connectivity index (χ0n) is 17.1. The molecule has 0 aromatic heterocycles. The number of benzene rings is 3. The smallest absolute Gasteiger partial charge is 0.336 e. The normalized spacial score (nSPS) is 11.2. The van der Waals surface area contributed by atoms with Crippen molar-refractivity contribution in [1.29, 1.82) is 5.26 Å². The van der Waals surface area contributed by atoms with Crippen molar-refractivity contribution in [2.75, 3.05) is 7.11 Å². The first kappa shape index (κ1) is 21.9. The van der Waals surface area contributed by atoms with E-state index in [4.69, 9.17) is 21.1 Å². The van der Waals surface area contributed by atoms with E-state index in [2.05, 4.69) is 6.07 Å². The van der Waals surface area contributed by atoms with Crippen LogP contribution >= 0.6 is 11.6 Å². The van der Waals surface area contributed by atoms with Crippen molar-refractivity contribution in [1.82, 2.24) is 0 Å². The Labute approximate surface area is 186 Å². The van der Waals surface area contributed by atoms with E-state index in [-0.39, 0.29) is 0 Å². The summed E-state index contributed by atoms with van der Waals surface area (Å²) in [4.78, 5) is 12.2. The molecule has 0 saturated heterocycles. The molecule has 0 fully saturated rings. The van der Waals surface area contributed by atoms with Crippen LogP contribution in [0.3, 0.4) is 0 Å². The first-order valence-corrected chi connectivity index (χ1v) is 9.88. The van der Waals surface area contributed by atoms with Crippen LogP contribution in [0.2, 0.25) is 5.02 Å². The highest BCUT2D eigenvalue weighted by atomic mass is 35.5. The molecule has 0 unspecified atom stereocenters.